The highest BCUT2D eigenvalue weighted by Crippen LogP contribution is 2.18. The molecule has 1 fully saturated rings. The number of aromatic nitrogens is 2. The lowest BCUT2D eigenvalue weighted by molar-refractivity contribution is 0.0658. The molecule has 0 saturated carbocycles. The van der Waals surface area contributed by atoms with E-state index in [-0.39, 0.29) is 5.91 Å². The Labute approximate surface area is 142 Å². The third-order valence-electron chi connectivity index (χ3n) is 4.16. The molecule has 0 spiro atoms. The molecular weight excluding hydrogens is 302 g/mol. The Hall–Kier alpha value is -2.47. The summed E-state index contributed by atoms with van der Waals surface area (Å²) >= 11 is 0. The molecule has 6 nitrogen and oxygen atoms in total. The zero-order valence-electron chi connectivity index (χ0n) is 14.4. The van der Waals surface area contributed by atoms with Crippen LogP contribution in [0.2, 0.25) is 0 Å². The Morgan fingerprint density at radius 3 is 2.25 bits per heavy atom. The molecule has 1 amide bonds. The summed E-state index contributed by atoms with van der Waals surface area (Å²) in [5.41, 5.74) is 3.74. The van der Waals surface area contributed by atoms with Crippen molar-refractivity contribution in [2.75, 3.05) is 38.5 Å². The fraction of sp³-hybridized carbons (Fsp3) is 0.389. The van der Waals surface area contributed by atoms with Crippen LogP contribution in [0, 0.1) is 13.8 Å². The number of aryl methyl sites for hydroxylation is 2. The van der Waals surface area contributed by atoms with Gasteiger partial charge in [-0.25, -0.2) is 9.97 Å². The molecule has 1 aromatic carbocycles. The molecule has 1 aromatic heterocycles. The predicted molar refractivity (Wildman–Crippen MR) is 94.6 cm³/mol. The van der Waals surface area contributed by atoms with Crippen LogP contribution in [0.3, 0.4) is 0 Å². The van der Waals surface area contributed by atoms with Crippen LogP contribution in [-0.2, 0) is 0 Å². The minimum absolute atomic E-state index is 0.0476. The minimum Gasteiger partial charge on any atom is -0.339 e. The van der Waals surface area contributed by atoms with Crippen molar-refractivity contribution in [3.63, 3.8) is 0 Å². The van der Waals surface area contributed by atoms with Gasteiger partial charge in [0.05, 0.1) is 12.4 Å². The second-order valence-corrected chi connectivity index (χ2v) is 6.38. The Morgan fingerprint density at radius 2 is 1.67 bits per heavy atom. The molecule has 1 aliphatic rings. The zero-order valence-corrected chi connectivity index (χ0v) is 14.4. The van der Waals surface area contributed by atoms with Crippen LogP contribution >= 0.6 is 0 Å². The standard InChI is InChI=1S/C18H23N5O/c1-13-8-14(2)10-15(9-13)21-17-12-19-16(11-20-17)18(24)23-6-4-22(3)5-7-23/h8-12H,4-7H2,1-3H3,(H,20,21). The Bertz CT molecular complexity index is 700. The van der Waals surface area contributed by atoms with E-state index in [0.29, 0.717) is 11.5 Å². The highest BCUT2D eigenvalue weighted by atomic mass is 16.2. The highest BCUT2D eigenvalue weighted by molar-refractivity contribution is 5.92. The van der Waals surface area contributed by atoms with Crippen molar-refractivity contribution in [2.24, 2.45) is 0 Å². The van der Waals surface area contributed by atoms with Crippen LogP contribution < -0.4 is 5.32 Å². The molecule has 6 heteroatoms. The van der Waals surface area contributed by atoms with Crippen molar-refractivity contribution >= 4 is 17.4 Å². The number of hydrogen-bond acceptors (Lipinski definition) is 5. The van der Waals surface area contributed by atoms with Gasteiger partial charge in [-0.3, -0.25) is 4.79 Å². The molecule has 2 heterocycles. The van der Waals surface area contributed by atoms with Gasteiger partial charge in [-0.2, -0.15) is 0 Å². The van der Waals surface area contributed by atoms with Gasteiger partial charge in [0.1, 0.15) is 11.5 Å². The van der Waals surface area contributed by atoms with Crippen LogP contribution in [-0.4, -0.2) is 58.9 Å². The van der Waals surface area contributed by atoms with Gasteiger partial charge in [0, 0.05) is 31.9 Å². The molecule has 24 heavy (non-hydrogen) atoms. The lowest BCUT2D eigenvalue weighted by atomic mass is 10.1. The second-order valence-electron chi connectivity index (χ2n) is 6.38. The van der Waals surface area contributed by atoms with E-state index >= 15 is 0 Å². The molecular formula is C18H23N5O. The van der Waals surface area contributed by atoms with Gasteiger partial charge >= 0.3 is 0 Å². The molecule has 1 aliphatic heterocycles. The number of carbonyl (C=O) groups is 1. The first-order valence-corrected chi connectivity index (χ1v) is 8.16. The number of hydrogen-bond donors (Lipinski definition) is 1. The monoisotopic (exact) mass is 325 g/mol. The van der Waals surface area contributed by atoms with E-state index in [1.165, 1.54) is 11.1 Å². The number of benzene rings is 1. The first-order valence-electron chi connectivity index (χ1n) is 8.16. The third-order valence-corrected chi connectivity index (χ3v) is 4.16. The van der Waals surface area contributed by atoms with Crippen LogP contribution in [0.25, 0.3) is 0 Å². The molecule has 2 aromatic rings. The minimum atomic E-state index is -0.0476. The van der Waals surface area contributed by atoms with Crippen molar-refractivity contribution in [3.8, 4) is 0 Å². The number of anilines is 2. The number of carbonyl (C=O) groups excluding carboxylic acids is 1. The van der Waals surface area contributed by atoms with Crippen molar-refractivity contribution < 1.29 is 4.79 Å². The van der Waals surface area contributed by atoms with E-state index < -0.39 is 0 Å². The van der Waals surface area contributed by atoms with E-state index in [2.05, 4.69) is 59.3 Å². The van der Waals surface area contributed by atoms with E-state index in [1.54, 1.807) is 12.4 Å². The zero-order chi connectivity index (χ0) is 17.1. The topological polar surface area (TPSA) is 61.4 Å². The number of piperazine rings is 1. The fourth-order valence-corrected chi connectivity index (χ4v) is 2.87. The maximum Gasteiger partial charge on any atom is 0.274 e. The van der Waals surface area contributed by atoms with Crippen LogP contribution in [0.15, 0.2) is 30.6 Å². The summed E-state index contributed by atoms with van der Waals surface area (Å²) < 4.78 is 0. The number of likely N-dealkylation sites (N-methyl/N-ethyl adjacent to an activating group) is 1. The van der Waals surface area contributed by atoms with Crippen molar-refractivity contribution in [1.82, 2.24) is 19.8 Å². The van der Waals surface area contributed by atoms with E-state index in [0.717, 1.165) is 31.9 Å². The average Bonchev–Trinajstić information content (AvgIpc) is 2.55. The maximum absolute atomic E-state index is 12.4. The van der Waals surface area contributed by atoms with Gasteiger partial charge < -0.3 is 15.1 Å². The number of nitrogens with zero attached hydrogens (tertiary/aromatic N) is 4. The first-order chi connectivity index (χ1) is 11.5. The van der Waals surface area contributed by atoms with Crippen LogP contribution in [0.1, 0.15) is 21.6 Å². The lowest BCUT2D eigenvalue weighted by Gasteiger charge is -2.32. The first kappa shape index (κ1) is 16.4. The Morgan fingerprint density at radius 1 is 1.00 bits per heavy atom. The van der Waals surface area contributed by atoms with Crippen LogP contribution in [0.5, 0.6) is 0 Å². The predicted octanol–water partition coefficient (Wildman–Crippen LogP) is 2.22. The summed E-state index contributed by atoms with van der Waals surface area (Å²) in [7, 11) is 2.06. The fourth-order valence-electron chi connectivity index (χ4n) is 2.87. The van der Waals surface area contributed by atoms with Crippen molar-refractivity contribution in [2.45, 2.75) is 13.8 Å². The lowest BCUT2D eigenvalue weighted by Crippen LogP contribution is -2.47. The van der Waals surface area contributed by atoms with Gasteiger partial charge in [-0.1, -0.05) is 6.07 Å². The molecule has 0 unspecified atom stereocenters. The summed E-state index contributed by atoms with van der Waals surface area (Å²) in [5, 5.41) is 3.23. The third kappa shape index (κ3) is 3.89. The molecule has 0 atom stereocenters. The number of nitrogens with one attached hydrogen (secondary N) is 1. The summed E-state index contributed by atoms with van der Waals surface area (Å²) in [6.07, 6.45) is 3.16. The molecule has 0 bridgehead atoms. The number of amides is 1. The maximum atomic E-state index is 12.4. The normalized spacial score (nSPS) is 15.4. The van der Waals surface area contributed by atoms with Crippen molar-refractivity contribution in [3.05, 3.63) is 47.4 Å². The van der Waals surface area contributed by atoms with Gasteiger partial charge in [0.15, 0.2) is 0 Å². The molecule has 126 valence electrons. The van der Waals surface area contributed by atoms with Gasteiger partial charge in [-0.05, 0) is 44.2 Å². The van der Waals surface area contributed by atoms with Gasteiger partial charge in [0.25, 0.3) is 5.91 Å². The largest absolute Gasteiger partial charge is 0.339 e. The van der Waals surface area contributed by atoms with E-state index in [1.807, 2.05) is 4.90 Å². The van der Waals surface area contributed by atoms with Gasteiger partial charge in [-0.15, -0.1) is 0 Å². The Balaban J connectivity index is 1.67. The SMILES string of the molecule is Cc1cc(C)cc(Nc2cnc(C(=O)N3CCN(C)CC3)cn2)c1. The summed E-state index contributed by atoms with van der Waals surface area (Å²) in [6.45, 7) is 7.37. The van der Waals surface area contributed by atoms with Crippen molar-refractivity contribution in [1.29, 1.82) is 0 Å². The molecule has 0 aliphatic carbocycles. The molecule has 1 N–H and O–H groups in total. The molecule has 3 rings (SSSR count). The number of rotatable bonds is 3. The highest BCUT2D eigenvalue weighted by Gasteiger charge is 2.21. The Kier molecular flexibility index (Phi) is 4.76. The quantitative estimate of drug-likeness (QED) is 0.937. The second kappa shape index (κ2) is 6.97. The van der Waals surface area contributed by atoms with Gasteiger partial charge in [0.2, 0.25) is 0 Å². The average molecular weight is 325 g/mol. The summed E-state index contributed by atoms with van der Waals surface area (Å²) in [5.74, 6) is 0.587. The summed E-state index contributed by atoms with van der Waals surface area (Å²) in [6, 6.07) is 6.23. The molecule has 0 radical (unpaired) electrons. The summed E-state index contributed by atoms with van der Waals surface area (Å²) in [4.78, 5) is 25.1. The van der Waals surface area contributed by atoms with E-state index in [4.69, 9.17) is 0 Å². The smallest absolute Gasteiger partial charge is 0.274 e. The van der Waals surface area contributed by atoms with E-state index in [9.17, 15) is 4.79 Å². The molecule has 1 saturated heterocycles. The van der Waals surface area contributed by atoms with Crippen LogP contribution in [0.4, 0.5) is 11.5 Å².